The Balaban J connectivity index is 1.57. The molecule has 0 amide bonds. The van der Waals surface area contributed by atoms with Crippen molar-refractivity contribution in [2.75, 3.05) is 24.5 Å². The van der Waals surface area contributed by atoms with Gasteiger partial charge in [-0.15, -0.1) is 0 Å². The predicted octanol–water partition coefficient (Wildman–Crippen LogP) is 3.16. The summed E-state index contributed by atoms with van der Waals surface area (Å²) in [5.74, 6) is 2.46. The van der Waals surface area contributed by atoms with E-state index in [2.05, 4.69) is 52.9 Å². The van der Waals surface area contributed by atoms with Crippen LogP contribution in [0.25, 0.3) is 0 Å². The average molecular weight is 334 g/mol. The van der Waals surface area contributed by atoms with Crippen LogP contribution in [0.3, 0.4) is 0 Å². The molecule has 4 aliphatic heterocycles. The van der Waals surface area contributed by atoms with Gasteiger partial charge in [-0.3, -0.25) is 9.88 Å². The van der Waals surface area contributed by atoms with Gasteiger partial charge in [0.1, 0.15) is 5.82 Å². The van der Waals surface area contributed by atoms with Crippen molar-refractivity contribution >= 4 is 5.82 Å². The molecular formula is C21H26N4. The summed E-state index contributed by atoms with van der Waals surface area (Å²) < 4.78 is 0. The van der Waals surface area contributed by atoms with E-state index in [1.54, 1.807) is 6.20 Å². The van der Waals surface area contributed by atoms with E-state index in [9.17, 15) is 0 Å². The fourth-order valence-electron chi connectivity index (χ4n) is 5.45. The molecule has 0 spiro atoms. The quantitative estimate of drug-likeness (QED) is 0.844. The van der Waals surface area contributed by atoms with Crippen LogP contribution in [0.5, 0.6) is 0 Å². The maximum absolute atomic E-state index is 4.72. The molecular weight excluding hydrogens is 308 g/mol. The number of anilines is 1. The van der Waals surface area contributed by atoms with E-state index in [1.807, 2.05) is 6.20 Å². The minimum atomic E-state index is 0.565. The number of rotatable bonds is 2. The van der Waals surface area contributed by atoms with Gasteiger partial charge in [-0.2, -0.15) is 0 Å². The Morgan fingerprint density at radius 2 is 1.64 bits per heavy atom. The summed E-state index contributed by atoms with van der Waals surface area (Å²) in [7, 11) is 0. The van der Waals surface area contributed by atoms with Crippen LogP contribution in [-0.4, -0.2) is 46.6 Å². The molecule has 2 aromatic rings. The van der Waals surface area contributed by atoms with E-state index >= 15 is 0 Å². The van der Waals surface area contributed by atoms with Gasteiger partial charge < -0.3 is 4.90 Å². The zero-order valence-electron chi connectivity index (χ0n) is 15.1. The van der Waals surface area contributed by atoms with Gasteiger partial charge in [0.15, 0.2) is 0 Å². The maximum atomic E-state index is 4.72. The fourth-order valence-corrected chi connectivity index (χ4v) is 5.45. The van der Waals surface area contributed by atoms with Crippen molar-refractivity contribution in [2.45, 2.75) is 44.7 Å². The SMILES string of the molecule is Cc1ccc([C@@H]2CN(c3nccnc3C)[C@H]3C4CCN(CC4)[C@@H]23)cc1. The molecule has 0 radical (unpaired) electrons. The zero-order chi connectivity index (χ0) is 17.0. The first-order valence-electron chi connectivity index (χ1n) is 9.57. The zero-order valence-corrected chi connectivity index (χ0v) is 15.1. The highest BCUT2D eigenvalue weighted by atomic mass is 15.3. The van der Waals surface area contributed by atoms with Gasteiger partial charge in [-0.1, -0.05) is 29.8 Å². The number of aryl methyl sites for hydroxylation is 2. The number of aromatic nitrogens is 2. The topological polar surface area (TPSA) is 32.3 Å². The summed E-state index contributed by atoms with van der Waals surface area (Å²) >= 11 is 0. The van der Waals surface area contributed by atoms with Crippen LogP contribution in [0.15, 0.2) is 36.7 Å². The van der Waals surface area contributed by atoms with Gasteiger partial charge in [0, 0.05) is 36.9 Å². The van der Waals surface area contributed by atoms with Crippen molar-refractivity contribution in [1.82, 2.24) is 14.9 Å². The molecule has 5 heterocycles. The molecule has 0 N–H and O–H groups in total. The Labute approximate surface area is 149 Å². The Morgan fingerprint density at radius 3 is 2.36 bits per heavy atom. The Morgan fingerprint density at radius 1 is 0.920 bits per heavy atom. The maximum Gasteiger partial charge on any atom is 0.150 e. The monoisotopic (exact) mass is 334 g/mol. The summed E-state index contributed by atoms with van der Waals surface area (Å²) in [6.45, 7) is 7.86. The minimum absolute atomic E-state index is 0.565. The lowest BCUT2D eigenvalue weighted by molar-refractivity contribution is 0.0354. The van der Waals surface area contributed by atoms with E-state index in [-0.39, 0.29) is 0 Å². The normalized spacial score (nSPS) is 33.5. The first-order chi connectivity index (χ1) is 12.2. The second-order valence-corrected chi connectivity index (χ2v) is 7.99. The first-order valence-corrected chi connectivity index (χ1v) is 9.57. The molecule has 4 aliphatic rings. The number of hydrogen-bond acceptors (Lipinski definition) is 4. The van der Waals surface area contributed by atoms with Gasteiger partial charge in [-0.05, 0) is 51.3 Å². The molecule has 4 heteroatoms. The lowest BCUT2D eigenvalue weighted by Crippen LogP contribution is -2.60. The molecule has 2 bridgehead atoms. The van der Waals surface area contributed by atoms with Gasteiger partial charge in [0.05, 0.1) is 5.69 Å². The number of benzene rings is 1. The molecule has 25 heavy (non-hydrogen) atoms. The molecule has 0 unspecified atom stereocenters. The third-order valence-electron chi connectivity index (χ3n) is 6.63. The number of piperidine rings is 3. The van der Waals surface area contributed by atoms with Crippen molar-refractivity contribution < 1.29 is 0 Å². The summed E-state index contributed by atoms with van der Waals surface area (Å²) in [4.78, 5) is 14.6. The van der Waals surface area contributed by atoms with Crippen molar-refractivity contribution in [1.29, 1.82) is 0 Å². The van der Waals surface area contributed by atoms with Crippen molar-refractivity contribution in [3.63, 3.8) is 0 Å². The van der Waals surface area contributed by atoms with Crippen LogP contribution in [0.2, 0.25) is 0 Å². The summed E-state index contributed by atoms with van der Waals surface area (Å²) in [5.41, 5.74) is 3.88. The average Bonchev–Trinajstić information content (AvgIpc) is 3.06. The number of hydrogen-bond donors (Lipinski definition) is 0. The Kier molecular flexibility index (Phi) is 3.56. The van der Waals surface area contributed by atoms with Crippen molar-refractivity contribution in [3.05, 3.63) is 53.5 Å². The molecule has 4 fully saturated rings. The van der Waals surface area contributed by atoms with Crippen LogP contribution in [0.4, 0.5) is 5.82 Å². The summed E-state index contributed by atoms with van der Waals surface area (Å²) in [6.07, 6.45) is 6.31. The smallest absolute Gasteiger partial charge is 0.150 e. The highest BCUT2D eigenvalue weighted by molar-refractivity contribution is 5.49. The molecule has 3 atom stereocenters. The van der Waals surface area contributed by atoms with Gasteiger partial charge in [0.2, 0.25) is 0 Å². The molecule has 130 valence electrons. The lowest BCUT2D eigenvalue weighted by atomic mass is 9.75. The second kappa shape index (κ2) is 5.80. The van der Waals surface area contributed by atoms with E-state index < -0.39 is 0 Å². The first kappa shape index (κ1) is 15.3. The number of fused-ring (bicyclic) bond motifs is 2. The van der Waals surface area contributed by atoms with Gasteiger partial charge >= 0.3 is 0 Å². The van der Waals surface area contributed by atoms with Crippen LogP contribution in [0, 0.1) is 19.8 Å². The molecule has 1 aromatic heterocycles. The fraction of sp³-hybridized carbons (Fsp3) is 0.524. The highest BCUT2D eigenvalue weighted by Crippen LogP contribution is 2.47. The van der Waals surface area contributed by atoms with Gasteiger partial charge in [0.25, 0.3) is 0 Å². The van der Waals surface area contributed by atoms with Crippen LogP contribution in [0.1, 0.15) is 35.6 Å². The number of nitrogens with zero attached hydrogens (tertiary/aromatic N) is 4. The predicted molar refractivity (Wildman–Crippen MR) is 99.9 cm³/mol. The van der Waals surface area contributed by atoms with E-state index in [4.69, 9.17) is 4.98 Å². The van der Waals surface area contributed by atoms with E-state index in [0.717, 1.165) is 24.0 Å². The lowest BCUT2D eigenvalue weighted by Gasteiger charge is -2.51. The molecule has 0 aliphatic carbocycles. The highest BCUT2D eigenvalue weighted by Gasteiger charge is 2.53. The minimum Gasteiger partial charge on any atom is -0.350 e. The summed E-state index contributed by atoms with van der Waals surface area (Å²) in [5, 5.41) is 0. The van der Waals surface area contributed by atoms with E-state index in [1.165, 1.54) is 37.1 Å². The summed E-state index contributed by atoms with van der Waals surface area (Å²) in [6, 6.07) is 10.4. The van der Waals surface area contributed by atoms with Crippen LogP contribution in [-0.2, 0) is 0 Å². The van der Waals surface area contributed by atoms with Crippen LogP contribution < -0.4 is 4.90 Å². The third-order valence-corrected chi connectivity index (χ3v) is 6.63. The molecule has 4 nitrogen and oxygen atoms in total. The van der Waals surface area contributed by atoms with Crippen LogP contribution >= 0.6 is 0 Å². The Bertz CT molecular complexity index is 764. The third kappa shape index (κ3) is 2.38. The van der Waals surface area contributed by atoms with Crippen molar-refractivity contribution in [2.24, 2.45) is 5.92 Å². The molecule has 6 rings (SSSR count). The van der Waals surface area contributed by atoms with E-state index in [0.29, 0.717) is 18.0 Å². The van der Waals surface area contributed by atoms with Crippen molar-refractivity contribution in [3.8, 4) is 0 Å². The molecule has 0 saturated carbocycles. The van der Waals surface area contributed by atoms with Gasteiger partial charge in [-0.25, -0.2) is 4.98 Å². The standard InChI is InChI=1S/C21H26N4/c1-14-3-5-16(6-4-14)18-13-25(21-15(2)22-9-10-23-21)19-17-7-11-24(12-8-17)20(18)19/h3-6,9-10,17-20H,7-8,11-13H2,1-2H3/t18-,19-,20-/m0/s1. The largest absolute Gasteiger partial charge is 0.350 e. The molecule has 4 saturated heterocycles. The Hall–Kier alpha value is -1.94. The second-order valence-electron chi connectivity index (χ2n) is 7.99. The molecule has 1 aromatic carbocycles.